The Morgan fingerprint density at radius 2 is 1.95 bits per heavy atom. The molecule has 0 spiro atoms. The third kappa shape index (κ3) is 3.35. The van der Waals surface area contributed by atoms with Crippen LogP contribution in [0.5, 0.6) is 0 Å². The summed E-state index contributed by atoms with van der Waals surface area (Å²) in [4.78, 5) is 11.6. The molecule has 4 nitrogen and oxygen atoms in total. The number of hydrogen-bond donors (Lipinski definition) is 2. The number of nitrogens with two attached hydrogens (primary N) is 1. The molecule has 1 saturated carbocycles. The molecule has 1 aromatic carbocycles. The molecule has 2 unspecified atom stereocenters. The van der Waals surface area contributed by atoms with E-state index in [4.69, 9.17) is 10.5 Å². The highest BCUT2D eigenvalue weighted by atomic mass is 19.1. The van der Waals surface area contributed by atoms with Gasteiger partial charge >= 0.3 is 6.09 Å². The van der Waals surface area contributed by atoms with Crippen LogP contribution in [0.1, 0.15) is 46.1 Å². The van der Waals surface area contributed by atoms with Gasteiger partial charge in [-0.15, -0.1) is 0 Å². The first kappa shape index (κ1) is 15.8. The van der Waals surface area contributed by atoms with Crippen molar-refractivity contribution in [2.75, 3.05) is 5.32 Å². The molecule has 116 valence electrons. The summed E-state index contributed by atoms with van der Waals surface area (Å²) in [5, 5.41) is 2.53. The minimum Gasteiger partial charge on any atom is -0.444 e. The molecule has 3 N–H and O–H groups in total. The minimum atomic E-state index is -0.599. The van der Waals surface area contributed by atoms with Crippen molar-refractivity contribution in [2.24, 2.45) is 11.1 Å². The summed E-state index contributed by atoms with van der Waals surface area (Å²) in [6.45, 7) is 9.36. The van der Waals surface area contributed by atoms with Gasteiger partial charge in [-0.3, -0.25) is 5.32 Å². The average molecular weight is 294 g/mol. The molecule has 5 heteroatoms. The van der Waals surface area contributed by atoms with E-state index in [1.807, 2.05) is 13.8 Å². The molecule has 1 aliphatic rings. The predicted molar refractivity (Wildman–Crippen MR) is 80.8 cm³/mol. The van der Waals surface area contributed by atoms with Crippen LogP contribution in [0.2, 0.25) is 0 Å². The Labute approximate surface area is 124 Å². The molecular formula is C16H23FN2O2. The molecule has 1 fully saturated rings. The number of benzene rings is 1. The van der Waals surface area contributed by atoms with Crippen molar-refractivity contribution >= 4 is 11.8 Å². The zero-order valence-corrected chi connectivity index (χ0v) is 13.2. The van der Waals surface area contributed by atoms with Gasteiger partial charge in [-0.25, -0.2) is 9.18 Å². The second-order valence-corrected chi connectivity index (χ2v) is 7.19. The van der Waals surface area contributed by atoms with E-state index in [1.54, 1.807) is 32.9 Å². The number of carbonyl (C=O) groups excluding carboxylic acids is 1. The van der Waals surface area contributed by atoms with Crippen molar-refractivity contribution in [1.82, 2.24) is 0 Å². The molecule has 1 amide bonds. The van der Waals surface area contributed by atoms with Crippen molar-refractivity contribution in [3.63, 3.8) is 0 Å². The van der Waals surface area contributed by atoms with E-state index in [1.165, 1.54) is 6.07 Å². The molecule has 0 heterocycles. The Hall–Kier alpha value is -1.62. The van der Waals surface area contributed by atoms with Gasteiger partial charge in [0.2, 0.25) is 0 Å². The standard InChI is InChI=1S/C16H23FN2O2/c1-15(2,3)21-14(20)19-9-6-7-10(11(17)8-9)12-13(18)16(12,4)5/h6-8,12-13H,18H2,1-5H3,(H,19,20). The summed E-state index contributed by atoms with van der Waals surface area (Å²) in [6.07, 6.45) is -0.599. The van der Waals surface area contributed by atoms with E-state index in [0.29, 0.717) is 11.3 Å². The lowest BCUT2D eigenvalue weighted by Gasteiger charge is -2.19. The summed E-state index contributed by atoms with van der Waals surface area (Å²) in [7, 11) is 0. The maximum atomic E-state index is 14.2. The molecule has 0 aromatic heterocycles. The number of ether oxygens (including phenoxy) is 1. The van der Waals surface area contributed by atoms with E-state index in [-0.39, 0.29) is 23.2 Å². The van der Waals surface area contributed by atoms with Gasteiger partial charge in [-0.1, -0.05) is 19.9 Å². The van der Waals surface area contributed by atoms with Gasteiger partial charge in [-0.2, -0.15) is 0 Å². The zero-order chi connectivity index (χ0) is 16.0. The zero-order valence-electron chi connectivity index (χ0n) is 13.2. The molecular weight excluding hydrogens is 271 g/mol. The summed E-state index contributed by atoms with van der Waals surface area (Å²) in [6, 6.07) is 4.63. The van der Waals surface area contributed by atoms with E-state index in [9.17, 15) is 9.18 Å². The van der Waals surface area contributed by atoms with Crippen molar-refractivity contribution in [1.29, 1.82) is 0 Å². The smallest absolute Gasteiger partial charge is 0.412 e. The first-order valence-electron chi connectivity index (χ1n) is 7.07. The van der Waals surface area contributed by atoms with Crippen molar-refractivity contribution in [2.45, 2.75) is 52.2 Å². The highest BCUT2D eigenvalue weighted by Crippen LogP contribution is 2.57. The quantitative estimate of drug-likeness (QED) is 0.875. The Balaban J connectivity index is 2.08. The highest BCUT2D eigenvalue weighted by Gasteiger charge is 2.56. The lowest BCUT2D eigenvalue weighted by Crippen LogP contribution is -2.27. The van der Waals surface area contributed by atoms with E-state index >= 15 is 0 Å². The monoisotopic (exact) mass is 294 g/mol. The average Bonchev–Trinajstić information content (AvgIpc) is 2.76. The Morgan fingerprint density at radius 3 is 2.38 bits per heavy atom. The van der Waals surface area contributed by atoms with Crippen LogP contribution in [0.25, 0.3) is 0 Å². The Morgan fingerprint density at radius 1 is 1.38 bits per heavy atom. The highest BCUT2D eigenvalue weighted by molar-refractivity contribution is 5.84. The van der Waals surface area contributed by atoms with Gasteiger partial charge in [-0.05, 0) is 43.9 Å². The summed E-state index contributed by atoms with van der Waals surface area (Å²) >= 11 is 0. The maximum Gasteiger partial charge on any atom is 0.412 e. The number of carbonyl (C=O) groups is 1. The van der Waals surface area contributed by atoms with Crippen molar-refractivity contribution in [3.05, 3.63) is 29.6 Å². The number of amides is 1. The van der Waals surface area contributed by atoms with Gasteiger partial charge in [0.1, 0.15) is 11.4 Å². The molecule has 21 heavy (non-hydrogen) atoms. The molecule has 0 aliphatic heterocycles. The van der Waals surface area contributed by atoms with Crippen LogP contribution in [-0.2, 0) is 4.74 Å². The first-order chi connectivity index (χ1) is 9.52. The summed E-state index contributed by atoms with van der Waals surface area (Å²) < 4.78 is 19.3. The second-order valence-electron chi connectivity index (χ2n) is 7.19. The van der Waals surface area contributed by atoms with Crippen LogP contribution in [-0.4, -0.2) is 17.7 Å². The van der Waals surface area contributed by atoms with Crippen LogP contribution in [0.15, 0.2) is 18.2 Å². The lowest BCUT2D eigenvalue weighted by atomic mass is 10.0. The Kier molecular flexibility index (Phi) is 3.74. The predicted octanol–water partition coefficient (Wildman–Crippen LogP) is 3.62. The number of anilines is 1. The number of rotatable bonds is 2. The maximum absolute atomic E-state index is 14.2. The number of halogens is 1. The molecule has 2 rings (SSSR count). The molecule has 0 saturated heterocycles. The summed E-state index contributed by atoms with van der Waals surface area (Å²) in [5.41, 5.74) is 6.28. The van der Waals surface area contributed by atoms with Crippen LogP contribution in [0, 0.1) is 11.2 Å². The van der Waals surface area contributed by atoms with Gasteiger partial charge in [0.25, 0.3) is 0 Å². The van der Waals surface area contributed by atoms with Gasteiger partial charge in [0.05, 0.1) is 0 Å². The number of nitrogens with one attached hydrogen (secondary N) is 1. The van der Waals surface area contributed by atoms with E-state index in [2.05, 4.69) is 5.32 Å². The third-order valence-corrected chi connectivity index (χ3v) is 3.89. The van der Waals surface area contributed by atoms with Crippen LogP contribution in [0.3, 0.4) is 0 Å². The van der Waals surface area contributed by atoms with E-state index < -0.39 is 11.7 Å². The van der Waals surface area contributed by atoms with Crippen LogP contribution >= 0.6 is 0 Å². The molecule has 2 atom stereocenters. The van der Waals surface area contributed by atoms with Crippen LogP contribution in [0.4, 0.5) is 14.9 Å². The lowest BCUT2D eigenvalue weighted by molar-refractivity contribution is 0.0636. The van der Waals surface area contributed by atoms with Crippen LogP contribution < -0.4 is 11.1 Å². The summed E-state index contributed by atoms with van der Waals surface area (Å²) in [5.74, 6) is -0.331. The first-order valence-corrected chi connectivity index (χ1v) is 7.07. The third-order valence-electron chi connectivity index (χ3n) is 3.89. The van der Waals surface area contributed by atoms with Crippen molar-refractivity contribution < 1.29 is 13.9 Å². The van der Waals surface area contributed by atoms with Gasteiger partial charge in [0, 0.05) is 17.6 Å². The largest absolute Gasteiger partial charge is 0.444 e. The fourth-order valence-electron chi connectivity index (χ4n) is 2.55. The molecule has 1 aromatic rings. The topological polar surface area (TPSA) is 64.3 Å². The molecule has 1 aliphatic carbocycles. The normalized spacial score (nSPS) is 23.6. The van der Waals surface area contributed by atoms with Gasteiger partial charge in [0.15, 0.2) is 0 Å². The molecule has 0 radical (unpaired) electrons. The van der Waals surface area contributed by atoms with E-state index in [0.717, 1.165) is 0 Å². The Bertz CT molecular complexity index is 564. The number of hydrogen-bond acceptors (Lipinski definition) is 3. The minimum absolute atomic E-state index is 0.0214. The van der Waals surface area contributed by atoms with Crippen molar-refractivity contribution in [3.8, 4) is 0 Å². The SMILES string of the molecule is CC(C)(C)OC(=O)Nc1ccc(C2C(N)C2(C)C)c(F)c1. The fourth-order valence-corrected chi connectivity index (χ4v) is 2.55. The molecule has 0 bridgehead atoms. The second kappa shape index (κ2) is 4.98. The van der Waals surface area contributed by atoms with Gasteiger partial charge < -0.3 is 10.5 Å². The fraction of sp³-hybridized carbons (Fsp3) is 0.562.